The molecule has 3 rings (SSSR count). The third kappa shape index (κ3) is 2.27. The van der Waals surface area contributed by atoms with Gasteiger partial charge in [0.15, 0.2) is 0 Å². The van der Waals surface area contributed by atoms with E-state index in [2.05, 4.69) is 4.74 Å². The van der Waals surface area contributed by atoms with E-state index in [4.69, 9.17) is 4.42 Å². The molecule has 1 heterocycles. The van der Waals surface area contributed by atoms with Crippen LogP contribution in [0.1, 0.15) is 10.4 Å². The first kappa shape index (κ1) is 13.3. The molecule has 0 saturated carbocycles. The van der Waals surface area contributed by atoms with Gasteiger partial charge < -0.3 is 9.15 Å². The molecule has 0 aliphatic carbocycles. The maximum atomic E-state index is 13.9. The Hall–Kier alpha value is -2.69. The standard InChI is InChI=1S/C16H10F2O3/c1-20-16(19)9-2-5-15-12(6-9)13(8-21-15)11-7-10(17)3-4-14(11)18/h2-8H,1H3. The van der Waals surface area contributed by atoms with Gasteiger partial charge in [-0.15, -0.1) is 0 Å². The molecule has 0 aliphatic rings. The van der Waals surface area contributed by atoms with Gasteiger partial charge in [0.1, 0.15) is 17.2 Å². The van der Waals surface area contributed by atoms with Crippen LogP contribution < -0.4 is 0 Å². The van der Waals surface area contributed by atoms with Crippen molar-refractivity contribution in [1.82, 2.24) is 0 Å². The first-order valence-corrected chi connectivity index (χ1v) is 6.15. The Labute approximate surface area is 118 Å². The molecule has 0 atom stereocenters. The zero-order chi connectivity index (χ0) is 15.0. The second-order valence-corrected chi connectivity index (χ2v) is 4.48. The second-order valence-electron chi connectivity index (χ2n) is 4.48. The topological polar surface area (TPSA) is 39.4 Å². The highest BCUT2D eigenvalue weighted by molar-refractivity contribution is 6.00. The van der Waals surface area contributed by atoms with Crippen LogP contribution in [0, 0.1) is 11.6 Å². The first-order chi connectivity index (χ1) is 10.1. The number of methoxy groups -OCH3 is 1. The molecule has 0 fully saturated rings. The highest BCUT2D eigenvalue weighted by Crippen LogP contribution is 2.33. The minimum absolute atomic E-state index is 0.0794. The molecule has 0 unspecified atom stereocenters. The van der Waals surface area contributed by atoms with Gasteiger partial charge in [-0.05, 0) is 36.4 Å². The SMILES string of the molecule is COC(=O)c1ccc2occ(-c3cc(F)ccc3F)c2c1. The molecule has 0 radical (unpaired) electrons. The molecule has 0 saturated heterocycles. The lowest BCUT2D eigenvalue weighted by atomic mass is 10.0. The van der Waals surface area contributed by atoms with Crippen LogP contribution in [0.15, 0.2) is 47.1 Å². The van der Waals surface area contributed by atoms with Crippen LogP contribution in [0.4, 0.5) is 8.78 Å². The van der Waals surface area contributed by atoms with Gasteiger partial charge in [0.2, 0.25) is 0 Å². The Balaban J connectivity index is 2.23. The summed E-state index contributed by atoms with van der Waals surface area (Å²) >= 11 is 0. The summed E-state index contributed by atoms with van der Waals surface area (Å²) in [5, 5.41) is 0.516. The van der Waals surface area contributed by atoms with Crippen LogP contribution in [0.5, 0.6) is 0 Å². The molecule has 2 aromatic carbocycles. The maximum Gasteiger partial charge on any atom is 0.337 e. The lowest BCUT2D eigenvalue weighted by Gasteiger charge is -2.03. The number of halogens is 2. The van der Waals surface area contributed by atoms with E-state index in [9.17, 15) is 13.6 Å². The van der Waals surface area contributed by atoms with E-state index in [1.807, 2.05) is 0 Å². The van der Waals surface area contributed by atoms with Crippen LogP contribution in [-0.2, 0) is 4.74 Å². The summed E-state index contributed by atoms with van der Waals surface area (Å²) in [6.45, 7) is 0. The molecule has 1 aromatic heterocycles. The number of carbonyl (C=O) groups is 1. The third-order valence-electron chi connectivity index (χ3n) is 3.21. The van der Waals surface area contributed by atoms with E-state index in [0.717, 1.165) is 18.2 Å². The van der Waals surface area contributed by atoms with Crippen LogP contribution in [-0.4, -0.2) is 13.1 Å². The van der Waals surface area contributed by atoms with E-state index < -0.39 is 17.6 Å². The number of hydrogen-bond acceptors (Lipinski definition) is 3. The molecular weight excluding hydrogens is 278 g/mol. The molecule has 21 heavy (non-hydrogen) atoms. The third-order valence-corrected chi connectivity index (χ3v) is 3.21. The molecule has 0 N–H and O–H groups in total. The summed E-state index contributed by atoms with van der Waals surface area (Å²) in [5.74, 6) is -1.63. The molecule has 0 bridgehead atoms. The zero-order valence-corrected chi connectivity index (χ0v) is 11.0. The molecule has 106 valence electrons. The maximum absolute atomic E-state index is 13.9. The summed E-state index contributed by atoms with van der Waals surface area (Å²) in [5.41, 5.74) is 1.24. The molecule has 0 aliphatic heterocycles. The van der Waals surface area contributed by atoms with Crippen molar-refractivity contribution in [3.8, 4) is 11.1 Å². The van der Waals surface area contributed by atoms with E-state index in [0.29, 0.717) is 22.1 Å². The van der Waals surface area contributed by atoms with Gasteiger partial charge in [-0.2, -0.15) is 0 Å². The molecule has 3 nitrogen and oxygen atoms in total. The Kier molecular flexibility index (Phi) is 3.17. The Morgan fingerprint density at radius 2 is 1.90 bits per heavy atom. The lowest BCUT2D eigenvalue weighted by Crippen LogP contribution is -2.00. The Bertz CT molecular complexity index is 837. The largest absolute Gasteiger partial charge is 0.465 e. The normalized spacial score (nSPS) is 10.8. The molecule has 3 aromatic rings. The van der Waals surface area contributed by atoms with Gasteiger partial charge in [-0.3, -0.25) is 0 Å². The molecular formula is C16H10F2O3. The van der Waals surface area contributed by atoms with Crippen molar-refractivity contribution in [3.05, 3.63) is 59.9 Å². The molecule has 0 amide bonds. The van der Waals surface area contributed by atoms with Crippen LogP contribution >= 0.6 is 0 Å². The van der Waals surface area contributed by atoms with Crippen molar-refractivity contribution in [1.29, 1.82) is 0 Å². The number of benzene rings is 2. The van der Waals surface area contributed by atoms with Gasteiger partial charge in [-0.1, -0.05) is 0 Å². The van der Waals surface area contributed by atoms with Crippen LogP contribution in [0.3, 0.4) is 0 Å². The number of ether oxygens (including phenoxy) is 1. The fourth-order valence-electron chi connectivity index (χ4n) is 2.19. The van der Waals surface area contributed by atoms with Crippen LogP contribution in [0.25, 0.3) is 22.1 Å². The van der Waals surface area contributed by atoms with Crippen molar-refractivity contribution in [2.75, 3.05) is 7.11 Å². The average Bonchev–Trinajstić information content (AvgIpc) is 2.91. The number of hydrogen-bond donors (Lipinski definition) is 0. The van der Waals surface area contributed by atoms with Crippen molar-refractivity contribution >= 4 is 16.9 Å². The van der Waals surface area contributed by atoms with E-state index in [1.54, 1.807) is 12.1 Å². The number of rotatable bonds is 2. The smallest absolute Gasteiger partial charge is 0.337 e. The van der Waals surface area contributed by atoms with Crippen molar-refractivity contribution in [3.63, 3.8) is 0 Å². The monoisotopic (exact) mass is 288 g/mol. The lowest BCUT2D eigenvalue weighted by molar-refractivity contribution is 0.0601. The summed E-state index contributed by atoms with van der Waals surface area (Å²) in [4.78, 5) is 11.6. The number of furan rings is 1. The highest BCUT2D eigenvalue weighted by atomic mass is 19.1. The van der Waals surface area contributed by atoms with Crippen molar-refractivity contribution in [2.24, 2.45) is 0 Å². The van der Waals surface area contributed by atoms with Crippen molar-refractivity contribution < 1.29 is 22.7 Å². The van der Waals surface area contributed by atoms with Gasteiger partial charge in [0.25, 0.3) is 0 Å². The predicted octanol–water partition coefficient (Wildman–Crippen LogP) is 4.16. The second kappa shape index (κ2) is 5.01. The fourth-order valence-corrected chi connectivity index (χ4v) is 2.19. The Morgan fingerprint density at radius 3 is 2.67 bits per heavy atom. The minimum Gasteiger partial charge on any atom is -0.465 e. The Morgan fingerprint density at radius 1 is 1.10 bits per heavy atom. The van der Waals surface area contributed by atoms with Gasteiger partial charge in [-0.25, -0.2) is 13.6 Å². The summed E-state index contributed by atoms with van der Waals surface area (Å²) < 4.78 is 37.2. The van der Waals surface area contributed by atoms with Gasteiger partial charge in [0, 0.05) is 16.5 Å². The van der Waals surface area contributed by atoms with E-state index in [-0.39, 0.29) is 5.56 Å². The number of fused-ring (bicyclic) bond motifs is 1. The van der Waals surface area contributed by atoms with Crippen molar-refractivity contribution in [2.45, 2.75) is 0 Å². The first-order valence-electron chi connectivity index (χ1n) is 6.15. The number of esters is 1. The predicted molar refractivity (Wildman–Crippen MR) is 72.9 cm³/mol. The molecule has 5 heteroatoms. The highest BCUT2D eigenvalue weighted by Gasteiger charge is 2.15. The van der Waals surface area contributed by atoms with E-state index >= 15 is 0 Å². The van der Waals surface area contributed by atoms with Gasteiger partial charge in [0.05, 0.1) is 18.9 Å². The van der Waals surface area contributed by atoms with Crippen LogP contribution in [0.2, 0.25) is 0 Å². The molecule has 0 spiro atoms. The summed E-state index contributed by atoms with van der Waals surface area (Å²) in [7, 11) is 1.27. The fraction of sp³-hybridized carbons (Fsp3) is 0.0625. The summed E-state index contributed by atoms with van der Waals surface area (Å²) in [6.07, 6.45) is 1.34. The van der Waals surface area contributed by atoms with E-state index in [1.165, 1.54) is 19.4 Å². The quantitative estimate of drug-likeness (QED) is 0.664. The minimum atomic E-state index is -0.567. The van der Waals surface area contributed by atoms with Gasteiger partial charge >= 0.3 is 5.97 Å². The zero-order valence-electron chi connectivity index (χ0n) is 11.0. The average molecular weight is 288 g/mol. The summed E-state index contributed by atoms with van der Waals surface area (Å²) in [6, 6.07) is 7.84. The number of carbonyl (C=O) groups excluding carboxylic acids is 1.